The van der Waals surface area contributed by atoms with Crippen molar-refractivity contribution < 1.29 is 14.5 Å². The lowest BCUT2D eigenvalue weighted by Gasteiger charge is -2.21. The van der Waals surface area contributed by atoms with E-state index in [1.165, 1.54) is 18.2 Å². The smallest absolute Gasteiger partial charge is 0.325 e. The molecule has 7 nitrogen and oxygen atoms in total. The largest absolute Gasteiger partial charge is 0.465 e. The zero-order valence-electron chi connectivity index (χ0n) is 11.3. The molecule has 0 aliphatic rings. The number of carbonyl (C=O) groups excluding carboxylic acids is 1. The van der Waals surface area contributed by atoms with Crippen LogP contribution in [0.2, 0.25) is 0 Å². The Morgan fingerprint density at radius 2 is 2.20 bits per heavy atom. The highest BCUT2D eigenvalue weighted by Crippen LogP contribution is 2.24. The van der Waals surface area contributed by atoms with Crippen LogP contribution in [-0.4, -0.2) is 30.6 Å². The van der Waals surface area contributed by atoms with Gasteiger partial charge in [0.1, 0.15) is 18.2 Å². The van der Waals surface area contributed by atoms with Crippen molar-refractivity contribution >= 4 is 17.3 Å². The van der Waals surface area contributed by atoms with Crippen LogP contribution in [0.4, 0.5) is 11.4 Å². The SMILES string of the molecule is CCOC(=O)CN(CC)c1ccc([N+](=O)[O-])c(C#N)c1. The molecule has 0 amide bonds. The summed E-state index contributed by atoms with van der Waals surface area (Å²) in [6, 6.07) is 5.98. The van der Waals surface area contributed by atoms with Crippen LogP contribution in [0.25, 0.3) is 0 Å². The first-order valence-electron chi connectivity index (χ1n) is 6.12. The Kier molecular flexibility index (Phi) is 5.47. The number of benzene rings is 1. The van der Waals surface area contributed by atoms with Crippen LogP contribution in [0, 0.1) is 21.4 Å². The molecule has 0 fully saturated rings. The molecule has 0 spiro atoms. The molecule has 0 saturated heterocycles. The van der Waals surface area contributed by atoms with Crippen molar-refractivity contribution in [1.29, 1.82) is 5.26 Å². The van der Waals surface area contributed by atoms with Crippen molar-refractivity contribution in [2.24, 2.45) is 0 Å². The Labute approximate surface area is 116 Å². The molecule has 1 rings (SSSR count). The minimum atomic E-state index is -0.607. The Hall–Kier alpha value is -2.62. The summed E-state index contributed by atoms with van der Waals surface area (Å²) in [4.78, 5) is 23.3. The summed E-state index contributed by atoms with van der Waals surface area (Å²) in [7, 11) is 0. The van der Waals surface area contributed by atoms with Gasteiger partial charge in [0.2, 0.25) is 0 Å². The van der Waals surface area contributed by atoms with Gasteiger partial charge < -0.3 is 9.64 Å². The Bertz CT molecular complexity index is 551. The standard InChI is InChI=1S/C13H15N3O4/c1-3-15(9-13(17)20-4-2)11-5-6-12(16(18)19)10(7-11)8-14/h5-7H,3-4,9H2,1-2H3. The van der Waals surface area contributed by atoms with Gasteiger partial charge >= 0.3 is 5.97 Å². The fraction of sp³-hybridized carbons (Fsp3) is 0.385. The van der Waals surface area contributed by atoms with Crippen LogP contribution >= 0.6 is 0 Å². The highest BCUT2D eigenvalue weighted by atomic mass is 16.6. The fourth-order valence-electron chi connectivity index (χ4n) is 1.72. The van der Waals surface area contributed by atoms with Gasteiger partial charge in [0.15, 0.2) is 0 Å². The third-order valence-corrected chi connectivity index (χ3v) is 2.67. The molecule has 7 heteroatoms. The Balaban J connectivity index is 3.02. The maximum absolute atomic E-state index is 11.5. The van der Waals surface area contributed by atoms with E-state index in [9.17, 15) is 14.9 Å². The molecule has 0 aliphatic carbocycles. The van der Waals surface area contributed by atoms with Gasteiger partial charge in [-0.05, 0) is 26.0 Å². The van der Waals surface area contributed by atoms with Gasteiger partial charge in [0.05, 0.1) is 11.5 Å². The summed E-state index contributed by atoms with van der Waals surface area (Å²) < 4.78 is 4.86. The van der Waals surface area contributed by atoms with E-state index in [0.29, 0.717) is 18.8 Å². The number of likely N-dealkylation sites (N-methyl/N-ethyl adjacent to an activating group) is 1. The summed E-state index contributed by atoms with van der Waals surface area (Å²) in [6.07, 6.45) is 0. The lowest BCUT2D eigenvalue weighted by atomic mass is 10.1. The molecule has 0 atom stereocenters. The van der Waals surface area contributed by atoms with Crippen LogP contribution in [0.3, 0.4) is 0 Å². The Morgan fingerprint density at radius 3 is 2.70 bits per heavy atom. The zero-order valence-corrected chi connectivity index (χ0v) is 11.3. The van der Waals surface area contributed by atoms with Gasteiger partial charge in [0.25, 0.3) is 5.69 Å². The summed E-state index contributed by atoms with van der Waals surface area (Å²) in [5.74, 6) is -0.383. The maximum Gasteiger partial charge on any atom is 0.325 e. The number of nitrogens with zero attached hydrogens (tertiary/aromatic N) is 3. The summed E-state index contributed by atoms with van der Waals surface area (Å²) in [5.41, 5.74) is 0.293. The van der Waals surface area contributed by atoms with E-state index in [1.54, 1.807) is 17.9 Å². The maximum atomic E-state index is 11.5. The predicted octanol–water partition coefficient (Wildman–Crippen LogP) is 1.86. The normalized spacial score (nSPS) is 9.65. The number of nitriles is 1. The van der Waals surface area contributed by atoms with Crippen molar-refractivity contribution in [1.82, 2.24) is 0 Å². The molecule has 1 aromatic rings. The first-order chi connectivity index (χ1) is 9.53. The molecule has 0 N–H and O–H groups in total. The lowest BCUT2D eigenvalue weighted by Crippen LogP contribution is -2.30. The van der Waals surface area contributed by atoms with E-state index in [-0.39, 0.29) is 23.8 Å². The molecule has 0 radical (unpaired) electrons. The van der Waals surface area contributed by atoms with E-state index >= 15 is 0 Å². The van der Waals surface area contributed by atoms with Crippen LogP contribution in [-0.2, 0) is 9.53 Å². The third-order valence-electron chi connectivity index (χ3n) is 2.67. The monoisotopic (exact) mass is 277 g/mol. The van der Waals surface area contributed by atoms with E-state index in [4.69, 9.17) is 10.00 Å². The van der Waals surface area contributed by atoms with Crippen molar-refractivity contribution in [2.45, 2.75) is 13.8 Å². The molecule has 0 aliphatic heterocycles. The number of rotatable bonds is 6. The second-order valence-corrected chi connectivity index (χ2v) is 3.89. The van der Waals surface area contributed by atoms with Crippen LogP contribution in [0.5, 0.6) is 0 Å². The molecule has 0 bridgehead atoms. The molecule has 0 heterocycles. The van der Waals surface area contributed by atoms with E-state index in [0.717, 1.165) is 0 Å². The third kappa shape index (κ3) is 3.68. The number of anilines is 1. The minimum Gasteiger partial charge on any atom is -0.465 e. The molecule has 20 heavy (non-hydrogen) atoms. The molecule has 0 unspecified atom stereocenters. The molecular weight excluding hydrogens is 262 g/mol. The fourth-order valence-corrected chi connectivity index (χ4v) is 1.72. The number of nitro benzene ring substituents is 1. The Morgan fingerprint density at radius 1 is 1.50 bits per heavy atom. The quantitative estimate of drug-likeness (QED) is 0.447. The van der Waals surface area contributed by atoms with Gasteiger partial charge in [-0.1, -0.05) is 0 Å². The van der Waals surface area contributed by atoms with E-state index < -0.39 is 4.92 Å². The van der Waals surface area contributed by atoms with Crippen molar-refractivity contribution in [3.05, 3.63) is 33.9 Å². The lowest BCUT2D eigenvalue weighted by molar-refractivity contribution is -0.385. The molecule has 106 valence electrons. The van der Waals surface area contributed by atoms with Gasteiger partial charge in [-0.15, -0.1) is 0 Å². The van der Waals surface area contributed by atoms with Crippen LogP contribution in [0.1, 0.15) is 19.4 Å². The second-order valence-electron chi connectivity index (χ2n) is 3.89. The minimum absolute atomic E-state index is 0.0326. The van der Waals surface area contributed by atoms with E-state index in [1.807, 2.05) is 6.92 Å². The number of carbonyl (C=O) groups is 1. The number of hydrogen-bond acceptors (Lipinski definition) is 6. The second kappa shape index (κ2) is 7.09. The average Bonchev–Trinajstić information content (AvgIpc) is 2.44. The average molecular weight is 277 g/mol. The first kappa shape index (κ1) is 15.4. The number of nitro groups is 1. The molecule has 0 saturated carbocycles. The number of ether oxygens (including phenoxy) is 1. The summed E-state index contributed by atoms with van der Waals surface area (Å²) in [5, 5.41) is 19.7. The van der Waals surface area contributed by atoms with Gasteiger partial charge in [-0.25, -0.2) is 0 Å². The topological polar surface area (TPSA) is 96.5 Å². The highest BCUT2D eigenvalue weighted by molar-refractivity contribution is 5.76. The van der Waals surface area contributed by atoms with Crippen molar-refractivity contribution in [3.8, 4) is 6.07 Å². The zero-order chi connectivity index (χ0) is 15.1. The predicted molar refractivity (Wildman–Crippen MR) is 72.3 cm³/mol. The van der Waals surface area contributed by atoms with Gasteiger partial charge in [0, 0.05) is 18.3 Å². The van der Waals surface area contributed by atoms with Crippen LogP contribution in [0.15, 0.2) is 18.2 Å². The number of hydrogen-bond donors (Lipinski definition) is 0. The molecular formula is C13H15N3O4. The highest BCUT2D eigenvalue weighted by Gasteiger charge is 2.17. The van der Waals surface area contributed by atoms with E-state index in [2.05, 4.69) is 0 Å². The number of esters is 1. The molecule has 0 aromatic heterocycles. The summed E-state index contributed by atoms with van der Waals surface area (Å²) >= 11 is 0. The molecule has 1 aromatic carbocycles. The first-order valence-corrected chi connectivity index (χ1v) is 6.12. The van der Waals surface area contributed by atoms with Gasteiger partial charge in [-0.2, -0.15) is 5.26 Å². The summed E-state index contributed by atoms with van der Waals surface area (Å²) in [6.45, 7) is 4.40. The van der Waals surface area contributed by atoms with Crippen molar-refractivity contribution in [2.75, 3.05) is 24.6 Å². The van der Waals surface area contributed by atoms with Crippen LogP contribution < -0.4 is 4.90 Å². The van der Waals surface area contributed by atoms with Crippen molar-refractivity contribution in [3.63, 3.8) is 0 Å². The van der Waals surface area contributed by atoms with Gasteiger partial charge in [-0.3, -0.25) is 14.9 Å².